The summed E-state index contributed by atoms with van der Waals surface area (Å²) in [6.07, 6.45) is 6.45. The quantitative estimate of drug-likeness (QED) is 0.546. The van der Waals surface area contributed by atoms with Crippen LogP contribution in [0.2, 0.25) is 0 Å². The number of nitrogens with one attached hydrogen (secondary N) is 1. The number of hydrogen-bond donors (Lipinski definition) is 1. The SMILES string of the molecule is CC1(Cc2cncnc2)C(=O)N(c2ncn[nH]2)c2ccc(-c3ccc(F)c(F)c3)cc21. The highest BCUT2D eigenvalue weighted by Gasteiger charge is 2.49. The molecule has 0 bridgehead atoms. The maximum Gasteiger partial charge on any atom is 0.244 e. The molecular formula is C22H16F2N6O. The topological polar surface area (TPSA) is 87.7 Å². The van der Waals surface area contributed by atoms with Crippen LogP contribution in [0.25, 0.3) is 11.1 Å². The first kappa shape index (κ1) is 19.0. The number of carbonyl (C=O) groups is 1. The summed E-state index contributed by atoms with van der Waals surface area (Å²) in [5, 5.41) is 6.60. The van der Waals surface area contributed by atoms with Crippen molar-refractivity contribution in [3.05, 3.63) is 84.2 Å². The predicted molar refractivity (Wildman–Crippen MR) is 108 cm³/mol. The molecule has 154 valence electrons. The Hall–Kier alpha value is -4.01. The van der Waals surface area contributed by atoms with Gasteiger partial charge in [-0.3, -0.25) is 4.79 Å². The number of hydrogen-bond acceptors (Lipinski definition) is 5. The fraction of sp³-hybridized carbons (Fsp3) is 0.136. The smallest absolute Gasteiger partial charge is 0.244 e. The average Bonchev–Trinajstić information content (AvgIpc) is 3.37. The molecule has 2 aromatic carbocycles. The molecule has 0 fully saturated rings. The number of nitrogens with zero attached hydrogens (tertiary/aromatic N) is 5. The van der Waals surface area contributed by atoms with Crippen LogP contribution in [0, 0.1) is 11.6 Å². The van der Waals surface area contributed by atoms with E-state index in [1.165, 1.54) is 23.6 Å². The van der Waals surface area contributed by atoms with E-state index in [1.54, 1.807) is 24.5 Å². The zero-order valence-electron chi connectivity index (χ0n) is 16.4. The number of halogens is 2. The third kappa shape index (κ3) is 3.05. The van der Waals surface area contributed by atoms with Gasteiger partial charge in [-0.05, 0) is 59.9 Å². The number of fused-ring (bicyclic) bond motifs is 1. The fourth-order valence-corrected chi connectivity index (χ4v) is 4.02. The van der Waals surface area contributed by atoms with Gasteiger partial charge < -0.3 is 0 Å². The molecule has 3 heterocycles. The van der Waals surface area contributed by atoms with Crippen molar-refractivity contribution in [2.45, 2.75) is 18.8 Å². The molecule has 9 heteroatoms. The summed E-state index contributed by atoms with van der Waals surface area (Å²) in [5.74, 6) is -1.72. The van der Waals surface area contributed by atoms with Gasteiger partial charge in [0.25, 0.3) is 0 Å². The highest BCUT2D eigenvalue weighted by atomic mass is 19.2. The van der Waals surface area contributed by atoms with Gasteiger partial charge in [-0.25, -0.2) is 28.7 Å². The lowest BCUT2D eigenvalue weighted by atomic mass is 9.78. The largest absolute Gasteiger partial charge is 0.273 e. The van der Waals surface area contributed by atoms with E-state index >= 15 is 0 Å². The molecule has 2 aromatic heterocycles. The van der Waals surface area contributed by atoms with Gasteiger partial charge in [0.15, 0.2) is 11.6 Å². The second kappa shape index (κ2) is 7.05. The van der Waals surface area contributed by atoms with Gasteiger partial charge >= 0.3 is 0 Å². The Morgan fingerprint density at radius 3 is 2.45 bits per heavy atom. The molecule has 1 aliphatic rings. The summed E-state index contributed by atoms with van der Waals surface area (Å²) in [5.41, 5.74) is 2.40. The molecule has 1 atom stereocenters. The first-order chi connectivity index (χ1) is 15.0. The zero-order valence-corrected chi connectivity index (χ0v) is 16.4. The molecule has 1 amide bonds. The Morgan fingerprint density at radius 2 is 1.74 bits per heavy atom. The van der Waals surface area contributed by atoms with Crippen LogP contribution in [0.1, 0.15) is 18.1 Å². The van der Waals surface area contributed by atoms with Crippen LogP contribution in [0.3, 0.4) is 0 Å². The fourth-order valence-electron chi connectivity index (χ4n) is 4.02. The van der Waals surface area contributed by atoms with Crippen LogP contribution in [0.15, 0.2) is 61.4 Å². The average molecular weight is 418 g/mol. The number of aromatic nitrogens is 5. The number of amides is 1. The molecule has 4 aromatic rings. The molecule has 31 heavy (non-hydrogen) atoms. The molecule has 1 unspecified atom stereocenters. The highest BCUT2D eigenvalue weighted by Crippen LogP contribution is 2.47. The lowest BCUT2D eigenvalue weighted by Gasteiger charge is -2.23. The maximum atomic E-state index is 13.8. The number of H-pyrrole nitrogens is 1. The molecule has 0 spiro atoms. The molecule has 1 aliphatic heterocycles. The Kier molecular flexibility index (Phi) is 4.32. The molecular weight excluding hydrogens is 402 g/mol. The molecule has 7 nitrogen and oxygen atoms in total. The van der Waals surface area contributed by atoms with Crippen LogP contribution in [0.4, 0.5) is 20.4 Å². The maximum absolute atomic E-state index is 13.8. The number of rotatable bonds is 4. The Labute approximate surface area is 175 Å². The van der Waals surface area contributed by atoms with Gasteiger partial charge in [-0.15, -0.1) is 0 Å². The van der Waals surface area contributed by atoms with Gasteiger partial charge in [0, 0.05) is 12.4 Å². The molecule has 0 saturated heterocycles. The van der Waals surface area contributed by atoms with Crippen molar-refractivity contribution in [1.29, 1.82) is 0 Å². The summed E-state index contributed by atoms with van der Waals surface area (Å²) < 4.78 is 27.2. The van der Waals surface area contributed by atoms with Crippen molar-refractivity contribution < 1.29 is 13.6 Å². The third-order valence-corrected chi connectivity index (χ3v) is 5.55. The molecule has 0 radical (unpaired) electrons. The lowest BCUT2D eigenvalue weighted by Crippen LogP contribution is -2.38. The van der Waals surface area contributed by atoms with Gasteiger partial charge in [0.05, 0.1) is 11.1 Å². The number of benzene rings is 2. The molecule has 1 N–H and O–H groups in total. The van der Waals surface area contributed by atoms with Crippen LogP contribution in [0.5, 0.6) is 0 Å². The van der Waals surface area contributed by atoms with Crippen LogP contribution in [-0.2, 0) is 16.6 Å². The molecule has 0 aliphatic carbocycles. The molecule has 5 rings (SSSR count). The summed E-state index contributed by atoms with van der Waals surface area (Å²) in [6, 6.07) is 9.11. The predicted octanol–water partition coefficient (Wildman–Crippen LogP) is 3.72. The van der Waals surface area contributed by atoms with Crippen molar-refractivity contribution in [2.75, 3.05) is 4.90 Å². The summed E-state index contributed by atoms with van der Waals surface area (Å²) in [7, 11) is 0. The van der Waals surface area contributed by atoms with E-state index in [2.05, 4.69) is 25.1 Å². The number of anilines is 2. The van der Waals surface area contributed by atoms with Crippen molar-refractivity contribution in [2.24, 2.45) is 0 Å². The van der Waals surface area contributed by atoms with Crippen molar-refractivity contribution in [3.63, 3.8) is 0 Å². The Balaban J connectivity index is 1.67. The second-order valence-electron chi connectivity index (χ2n) is 7.57. The Morgan fingerprint density at radius 1 is 1.00 bits per heavy atom. The highest BCUT2D eigenvalue weighted by molar-refractivity contribution is 6.12. The number of carbonyl (C=O) groups excluding carboxylic acids is 1. The van der Waals surface area contributed by atoms with E-state index in [1.807, 2.05) is 13.0 Å². The van der Waals surface area contributed by atoms with Crippen molar-refractivity contribution in [3.8, 4) is 11.1 Å². The first-order valence-corrected chi connectivity index (χ1v) is 9.51. The summed E-state index contributed by atoms with van der Waals surface area (Å²) in [6.45, 7) is 1.84. The second-order valence-corrected chi connectivity index (χ2v) is 7.57. The van der Waals surface area contributed by atoms with E-state index < -0.39 is 17.0 Å². The standard InChI is InChI=1S/C22H16F2N6O/c1-22(8-13-9-25-11-26-10-13)16-6-14(15-2-4-17(23)18(24)7-15)3-5-19(16)30(20(22)31)21-27-12-28-29-21/h2-7,9-12H,8H2,1H3,(H,27,28,29). The normalized spacial score (nSPS) is 17.8. The van der Waals surface area contributed by atoms with Crippen molar-refractivity contribution in [1.82, 2.24) is 25.1 Å². The minimum atomic E-state index is -0.957. The zero-order chi connectivity index (χ0) is 21.6. The first-order valence-electron chi connectivity index (χ1n) is 9.51. The van der Waals surface area contributed by atoms with E-state index in [9.17, 15) is 13.6 Å². The van der Waals surface area contributed by atoms with Gasteiger partial charge in [0.1, 0.15) is 12.7 Å². The van der Waals surface area contributed by atoms with E-state index in [-0.39, 0.29) is 5.91 Å². The minimum Gasteiger partial charge on any atom is -0.273 e. The minimum absolute atomic E-state index is 0.189. The number of aromatic amines is 1. The van der Waals surface area contributed by atoms with Gasteiger partial charge in [0.2, 0.25) is 11.9 Å². The molecule has 0 saturated carbocycles. The van der Waals surface area contributed by atoms with Gasteiger partial charge in [-0.1, -0.05) is 12.1 Å². The van der Waals surface area contributed by atoms with Crippen LogP contribution < -0.4 is 4.90 Å². The van der Waals surface area contributed by atoms with E-state index in [0.717, 1.165) is 23.3 Å². The van der Waals surface area contributed by atoms with Crippen LogP contribution in [-0.4, -0.2) is 31.1 Å². The Bertz CT molecular complexity index is 1280. The van der Waals surface area contributed by atoms with Gasteiger partial charge in [-0.2, -0.15) is 10.1 Å². The summed E-state index contributed by atoms with van der Waals surface area (Å²) in [4.78, 5) is 27.4. The lowest BCUT2D eigenvalue weighted by molar-refractivity contribution is -0.122. The summed E-state index contributed by atoms with van der Waals surface area (Å²) >= 11 is 0. The van der Waals surface area contributed by atoms with E-state index in [0.29, 0.717) is 29.2 Å². The van der Waals surface area contributed by atoms with Crippen LogP contribution >= 0.6 is 0 Å². The van der Waals surface area contributed by atoms with Crippen molar-refractivity contribution >= 4 is 17.5 Å². The monoisotopic (exact) mass is 418 g/mol. The third-order valence-electron chi connectivity index (χ3n) is 5.55. The van der Waals surface area contributed by atoms with E-state index in [4.69, 9.17) is 0 Å².